The van der Waals surface area contributed by atoms with Crippen molar-refractivity contribution in [2.45, 2.75) is 58.4 Å². The Morgan fingerprint density at radius 1 is 1.19 bits per heavy atom. The molecule has 0 saturated carbocycles. The van der Waals surface area contributed by atoms with Gasteiger partial charge in [0.25, 0.3) is 5.56 Å². The van der Waals surface area contributed by atoms with Crippen LogP contribution in [0.3, 0.4) is 0 Å². The van der Waals surface area contributed by atoms with E-state index in [1.165, 1.54) is 4.40 Å². The normalized spacial score (nSPS) is 25.6. The average molecular weight is 438 g/mol. The van der Waals surface area contributed by atoms with Gasteiger partial charge in [-0.05, 0) is 37.8 Å². The van der Waals surface area contributed by atoms with Crippen LogP contribution in [0.15, 0.2) is 23.1 Å². The maximum Gasteiger partial charge on any atom is 0.330 e. The minimum absolute atomic E-state index is 0.0512. The van der Waals surface area contributed by atoms with Gasteiger partial charge in [0.2, 0.25) is 11.8 Å². The van der Waals surface area contributed by atoms with Gasteiger partial charge in [0.1, 0.15) is 11.5 Å². The summed E-state index contributed by atoms with van der Waals surface area (Å²) in [5, 5.41) is 2.43. The highest BCUT2D eigenvalue weighted by molar-refractivity contribution is 6.20. The Kier molecular flexibility index (Phi) is 4.79. The second-order valence-electron chi connectivity index (χ2n) is 9.03. The van der Waals surface area contributed by atoms with Crippen LogP contribution in [0.2, 0.25) is 0 Å². The van der Waals surface area contributed by atoms with Gasteiger partial charge < -0.3 is 4.90 Å². The number of aromatic nitrogens is 2. The zero-order chi connectivity index (χ0) is 22.6. The van der Waals surface area contributed by atoms with Crippen LogP contribution in [-0.4, -0.2) is 51.3 Å². The molecule has 2 atom stereocenters. The van der Waals surface area contributed by atoms with E-state index in [4.69, 9.17) is 4.98 Å². The number of hydrogen-bond donors (Lipinski definition) is 1. The molecule has 2 aromatic rings. The van der Waals surface area contributed by atoms with Crippen molar-refractivity contribution >= 4 is 29.3 Å². The smallest absolute Gasteiger partial charge is 0.330 e. The number of fused-ring (bicyclic) bond motifs is 5. The topological polar surface area (TPSA) is 104 Å². The van der Waals surface area contributed by atoms with Crippen LogP contribution in [0.1, 0.15) is 50.2 Å². The number of nitrogens with one attached hydrogen (secondary N) is 1. The third-order valence-electron chi connectivity index (χ3n) is 7.12. The first-order valence-electron chi connectivity index (χ1n) is 11.3. The molecule has 5 rings (SSSR count). The zero-order valence-corrected chi connectivity index (χ0v) is 18.4. The van der Waals surface area contributed by atoms with Crippen molar-refractivity contribution in [3.8, 4) is 0 Å². The van der Waals surface area contributed by atoms with E-state index in [0.717, 1.165) is 29.7 Å². The summed E-state index contributed by atoms with van der Waals surface area (Å²) < 4.78 is 1.49. The molecule has 9 nitrogen and oxygen atoms in total. The highest BCUT2D eigenvalue weighted by Crippen LogP contribution is 2.45. The van der Waals surface area contributed by atoms with Gasteiger partial charge in [-0.3, -0.25) is 29.0 Å². The predicted octanol–water partition coefficient (Wildman–Crippen LogP) is 1.78. The van der Waals surface area contributed by atoms with E-state index >= 15 is 0 Å². The number of barbiturate groups is 1. The van der Waals surface area contributed by atoms with Crippen molar-refractivity contribution in [1.82, 2.24) is 19.6 Å². The Labute approximate surface area is 185 Å². The molecule has 9 heteroatoms. The summed E-state index contributed by atoms with van der Waals surface area (Å²) in [7, 11) is 0. The number of anilines is 1. The molecule has 2 aromatic heterocycles. The molecule has 0 aromatic carbocycles. The Morgan fingerprint density at radius 3 is 2.78 bits per heavy atom. The largest absolute Gasteiger partial charge is 0.352 e. The Morgan fingerprint density at radius 2 is 2.00 bits per heavy atom. The quantitative estimate of drug-likeness (QED) is 0.719. The van der Waals surface area contributed by atoms with E-state index in [-0.39, 0.29) is 18.5 Å². The van der Waals surface area contributed by atoms with E-state index in [9.17, 15) is 19.2 Å². The number of imide groups is 2. The molecular weight excluding hydrogens is 410 g/mol. The van der Waals surface area contributed by atoms with Crippen molar-refractivity contribution in [1.29, 1.82) is 0 Å². The van der Waals surface area contributed by atoms with Crippen molar-refractivity contribution in [3.63, 3.8) is 0 Å². The Bertz CT molecular complexity index is 1200. The van der Waals surface area contributed by atoms with E-state index in [0.29, 0.717) is 36.4 Å². The van der Waals surface area contributed by atoms with Crippen LogP contribution in [0.4, 0.5) is 10.6 Å². The van der Waals surface area contributed by atoms with Gasteiger partial charge in [0.05, 0.1) is 11.6 Å². The summed E-state index contributed by atoms with van der Waals surface area (Å²) in [5.41, 5.74) is 0.0396. The number of pyridine rings is 1. The number of amides is 4. The molecule has 0 unspecified atom stereocenters. The molecule has 4 amide bonds. The van der Waals surface area contributed by atoms with Gasteiger partial charge in [-0.1, -0.05) is 25.8 Å². The first-order valence-corrected chi connectivity index (χ1v) is 11.3. The minimum atomic E-state index is -1.51. The van der Waals surface area contributed by atoms with Crippen LogP contribution < -0.4 is 15.8 Å². The van der Waals surface area contributed by atoms with Crippen LogP contribution >= 0.6 is 0 Å². The maximum absolute atomic E-state index is 13.8. The predicted molar refractivity (Wildman–Crippen MR) is 117 cm³/mol. The van der Waals surface area contributed by atoms with Gasteiger partial charge in [-0.25, -0.2) is 9.78 Å². The number of carbonyl (C=O) groups excluding carboxylic acids is 3. The van der Waals surface area contributed by atoms with Crippen LogP contribution in [-0.2, 0) is 16.0 Å². The van der Waals surface area contributed by atoms with E-state index in [1.807, 2.05) is 24.8 Å². The standard InChI is InChI=1S/C23H27N5O4/c1-3-10-28-21(31)23(20(30)25-22(28)32)13-15-18(26-11-6-4-5-9-16(23)26)24-17-14(2)8-7-12-27(17)19(15)29/h7-8,12,16H,3-6,9-11,13H2,1-2H3,(H,25,30,32)/t16-,23-/m0/s1. The number of urea groups is 1. The van der Waals surface area contributed by atoms with Crippen LogP contribution in [0.5, 0.6) is 0 Å². The van der Waals surface area contributed by atoms with Crippen LogP contribution in [0, 0.1) is 12.3 Å². The number of rotatable bonds is 2. The van der Waals surface area contributed by atoms with Gasteiger partial charge in [0, 0.05) is 25.7 Å². The van der Waals surface area contributed by atoms with E-state index < -0.39 is 29.3 Å². The summed E-state index contributed by atoms with van der Waals surface area (Å²) in [6.45, 7) is 4.62. The summed E-state index contributed by atoms with van der Waals surface area (Å²) in [5.74, 6) is -0.526. The summed E-state index contributed by atoms with van der Waals surface area (Å²) in [6, 6.07) is 2.56. The van der Waals surface area contributed by atoms with Gasteiger partial charge in [0.15, 0.2) is 5.41 Å². The molecule has 0 aliphatic carbocycles. The van der Waals surface area contributed by atoms with Crippen molar-refractivity contribution in [3.05, 3.63) is 39.8 Å². The fraction of sp³-hybridized carbons (Fsp3) is 0.522. The lowest BCUT2D eigenvalue weighted by atomic mass is 9.68. The lowest BCUT2D eigenvalue weighted by molar-refractivity contribution is -0.153. The zero-order valence-electron chi connectivity index (χ0n) is 18.4. The molecule has 168 valence electrons. The van der Waals surface area contributed by atoms with Crippen molar-refractivity contribution in [2.75, 3.05) is 18.0 Å². The van der Waals surface area contributed by atoms with Gasteiger partial charge >= 0.3 is 6.03 Å². The van der Waals surface area contributed by atoms with E-state index in [1.54, 1.807) is 12.3 Å². The molecule has 1 spiro atoms. The number of hydrogen-bond acceptors (Lipinski definition) is 6. The first kappa shape index (κ1) is 20.7. The summed E-state index contributed by atoms with van der Waals surface area (Å²) >= 11 is 0. The van der Waals surface area contributed by atoms with Crippen LogP contribution in [0.25, 0.3) is 5.65 Å². The van der Waals surface area contributed by atoms with Gasteiger partial charge in [-0.2, -0.15) is 0 Å². The monoisotopic (exact) mass is 437 g/mol. The lowest BCUT2D eigenvalue weighted by Crippen LogP contribution is -2.72. The second-order valence-corrected chi connectivity index (χ2v) is 9.03. The maximum atomic E-state index is 13.8. The number of aryl methyl sites for hydroxylation is 1. The van der Waals surface area contributed by atoms with E-state index in [2.05, 4.69) is 5.32 Å². The third kappa shape index (κ3) is 2.73. The van der Waals surface area contributed by atoms with Gasteiger partial charge in [-0.15, -0.1) is 0 Å². The molecule has 0 bridgehead atoms. The number of carbonyl (C=O) groups is 3. The SMILES string of the molecule is CCCN1C(=O)NC(=O)[C@@]2(Cc3c(nc4c(C)cccn4c3=O)N3CCCCC[C@H]32)C1=O. The molecule has 0 radical (unpaired) electrons. The Hall–Kier alpha value is -3.23. The second kappa shape index (κ2) is 7.43. The fourth-order valence-corrected chi connectivity index (χ4v) is 5.57. The average Bonchev–Trinajstić information content (AvgIpc) is 3.03. The molecule has 2 fully saturated rings. The first-order chi connectivity index (χ1) is 15.4. The summed E-state index contributed by atoms with van der Waals surface area (Å²) in [6.07, 6.45) is 5.54. The third-order valence-corrected chi connectivity index (χ3v) is 7.12. The number of nitrogens with zero attached hydrogens (tertiary/aromatic N) is 4. The molecule has 3 aliphatic heterocycles. The molecule has 3 aliphatic rings. The Balaban J connectivity index is 1.77. The molecular formula is C23H27N5O4. The molecule has 1 N–H and O–H groups in total. The molecule has 5 heterocycles. The summed E-state index contributed by atoms with van der Waals surface area (Å²) in [4.78, 5) is 61.3. The fourth-order valence-electron chi connectivity index (χ4n) is 5.57. The van der Waals surface area contributed by atoms with Crippen molar-refractivity contribution < 1.29 is 14.4 Å². The molecule has 2 saturated heterocycles. The highest BCUT2D eigenvalue weighted by atomic mass is 16.2. The molecule has 32 heavy (non-hydrogen) atoms. The lowest BCUT2D eigenvalue weighted by Gasteiger charge is -2.50. The van der Waals surface area contributed by atoms with Crippen molar-refractivity contribution in [2.24, 2.45) is 5.41 Å². The highest BCUT2D eigenvalue weighted by Gasteiger charge is 2.62. The minimum Gasteiger partial charge on any atom is -0.352 e.